The Kier molecular flexibility index (Phi) is 19.0. The number of pyridine rings is 1. The molecule has 4 aromatic rings. The van der Waals surface area contributed by atoms with E-state index in [0.29, 0.717) is 36.9 Å². The van der Waals surface area contributed by atoms with Gasteiger partial charge in [0.25, 0.3) is 17.4 Å². The number of cyclic esters (lactones) is 1. The first-order valence-electron chi connectivity index (χ1n) is 26.9. The van der Waals surface area contributed by atoms with Crippen LogP contribution in [0.5, 0.6) is 0 Å². The summed E-state index contributed by atoms with van der Waals surface area (Å²) in [5, 5.41) is 6.04. The molecule has 3 aromatic heterocycles. The van der Waals surface area contributed by atoms with Crippen LogP contribution in [0.25, 0.3) is 33.4 Å². The molecular formula is C54H67ClF8N10O7S. The lowest BCUT2D eigenvalue weighted by molar-refractivity contribution is -0.155. The Morgan fingerprint density at radius 3 is 2.38 bits per heavy atom. The lowest BCUT2D eigenvalue weighted by atomic mass is 9.84. The first-order chi connectivity index (χ1) is 38.1. The minimum atomic E-state index is -4.86. The van der Waals surface area contributed by atoms with Crippen molar-refractivity contribution >= 4 is 69.6 Å². The van der Waals surface area contributed by atoms with Crippen molar-refractivity contribution in [3.63, 3.8) is 0 Å². The number of ether oxygens (including phenoxy) is 2. The number of hydrogen-bond acceptors (Lipinski definition) is 13. The Bertz CT molecular complexity index is 2950. The van der Waals surface area contributed by atoms with Gasteiger partial charge in [0.05, 0.1) is 58.7 Å². The number of carbonyl (C=O) groups is 5. The second-order valence-corrected chi connectivity index (χ2v) is 23.8. The van der Waals surface area contributed by atoms with E-state index in [-0.39, 0.29) is 128 Å². The maximum absolute atomic E-state index is 17.0. The highest BCUT2D eigenvalue weighted by Gasteiger charge is 2.41. The Hall–Kier alpha value is -5.70. The number of hydrogen-bond donors (Lipinski definition) is 2. The van der Waals surface area contributed by atoms with E-state index >= 15 is 17.6 Å². The molecule has 1 aromatic carbocycles. The number of anilines is 1. The van der Waals surface area contributed by atoms with Crippen molar-refractivity contribution in [2.75, 3.05) is 77.5 Å². The summed E-state index contributed by atoms with van der Waals surface area (Å²) in [7, 11) is 1.40. The quantitative estimate of drug-likeness (QED) is 0.0512. The first kappa shape index (κ1) is 61.4. The van der Waals surface area contributed by atoms with Crippen LogP contribution in [0.1, 0.15) is 82.7 Å². The van der Waals surface area contributed by atoms with Crippen LogP contribution in [-0.2, 0) is 52.8 Å². The predicted molar refractivity (Wildman–Crippen MR) is 286 cm³/mol. The van der Waals surface area contributed by atoms with E-state index in [9.17, 15) is 41.5 Å². The molecule has 17 nitrogen and oxygen atoms in total. The summed E-state index contributed by atoms with van der Waals surface area (Å²) in [6.07, 6.45) is -6.90. The van der Waals surface area contributed by atoms with Gasteiger partial charge < -0.3 is 34.1 Å². The molecule has 0 aliphatic carbocycles. The number of thiazole rings is 1. The van der Waals surface area contributed by atoms with Gasteiger partial charge in [0.15, 0.2) is 0 Å². The molecule has 4 amide bonds. The fourth-order valence-corrected chi connectivity index (χ4v) is 12.3. The number of alkyl halides is 8. The van der Waals surface area contributed by atoms with E-state index in [1.54, 1.807) is 45.6 Å². The van der Waals surface area contributed by atoms with Crippen molar-refractivity contribution < 1.29 is 68.6 Å². The van der Waals surface area contributed by atoms with E-state index in [0.717, 1.165) is 22.0 Å². The number of benzene rings is 1. The van der Waals surface area contributed by atoms with Crippen molar-refractivity contribution in [1.82, 2.24) is 45.0 Å². The second kappa shape index (κ2) is 25.0. The lowest BCUT2D eigenvalue weighted by Crippen LogP contribution is -2.62. The third-order valence-electron chi connectivity index (χ3n) is 15.4. The predicted octanol–water partition coefficient (Wildman–Crippen LogP) is 7.82. The number of piperazine rings is 1. The number of hydrazine groups is 1. The molecule has 6 atom stereocenters. The molecule has 0 saturated carbocycles. The van der Waals surface area contributed by atoms with Crippen molar-refractivity contribution in [2.24, 2.45) is 17.3 Å². The van der Waals surface area contributed by atoms with Crippen molar-refractivity contribution in [1.29, 1.82) is 0 Å². The number of carbonyl (C=O) groups excluding carboxylic acids is 5. The van der Waals surface area contributed by atoms with E-state index in [4.69, 9.17) is 31.0 Å². The molecular weight excluding hydrogens is 1120 g/mol. The molecule has 4 aliphatic heterocycles. The Morgan fingerprint density at radius 1 is 1.01 bits per heavy atom. The van der Waals surface area contributed by atoms with Gasteiger partial charge in [-0.1, -0.05) is 39.3 Å². The van der Waals surface area contributed by atoms with E-state index < -0.39 is 96.1 Å². The highest BCUT2D eigenvalue weighted by atomic mass is 35.5. The fourth-order valence-electron chi connectivity index (χ4n) is 11.3. The first-order valence-corrected chi connectivity index (χ1v) is 28.2. The van der Waals surface area contributed by atoms with Gasteiger partial charge in [0.1, 0.15) is 30.5 Å². The van der Waals surface area contributed by atoms with Gasteiger partial charge in [0, 0.05) is 93.2 Å². The minimum absolute atomic E-state index is 0.0188. The summed E-state index contributed by atoms with van der Waals surface area (Å²) in [6.45, 7) is 6.73. The van der Waals surface area contributed by atoms with Crippen LogP contribution in [0.15, 0.2) is 29.8 Å². The summed E-state index contributed by atoms with van der Waals surface area (Å²) in [5.74, 6) is -4.47. The van der Waals surface area contributed by atoms with Gasteiger partial charge in [-0.15, -0.1) is 11.3 Å². The molecule has 7 heterocycles. The van der Waals surface area contributed by atoms with E-state index in [2.05, 4.69) is 10.7 Å². The van der Waals surface area contributed by atoms with E-state index in [1.807, 2.05) is 0 Å². The molecule has 27 heteroatoms. The number of nitrogens with one attached hydrogen (secondary N) is 2. The standard InChI is InChI=1S/C54H67ClF8N10O7S/c1-30(2)45(71(29-74)13-10-32-9-12-70(24-32)50(77)47(55)57)48(75)66-40-21-43-65-41(25-81-43)35-19-34-37(22-52(4,5)28-80-51(78)39-8-7-11-73(67-39)49(40)76)46(72(27-54(61,62)63)42(34)20-38(35)56)36-18-33(23-64-44(36)31(3)79-6)69-16-14-68(15-17-69)26-53(58,59)60/h18-20,23,25,29-32,39-40,45,47,67H,7-17,21-22,24,26-28H2,1-6H3,(H,66,75)/t31-,32+,39-,40-,45-,47-/m0/s1. The Morgan fingerprint density at radius 2 is 1.73 bits per heavy atom. The Balaban J connectivity index is 1.20. The van der Waals surface area contributed by atoms with Crippen LogP contribution in [0.2, 0.25) is 0 Å². The van der Waals surface area contributed by atoms with Gasteiger partial charge in [0.2, 0.25) is 12.3 Å². The second-order valence-electron chi connectivity index (χ2n) is 22.5. The van der Waals surface area contributed by atoms with Crippen LogP contribution < -0.4 is 15.6 Å². The van der Waals surface area contributed by atoms with Crippen molar-refractivity contribution in [3.8, 4) is 22.5 Å². The van der Waals surface area contributed by atoms with Crippen LogP contribution in [-0.4, -0.2) is 173 Å². The summed E-state index contributed by atoms with van der Waals surface area (Å²) < 4.78 is 129. The zero-order chi connectivity index (χ0) is 58.9. The number of fused-ring (bicyclic) bond motifs is 6. The zero-order valence-corrected chi connectivity index (χ0v) is 47.3. The minimum Gasteiger partial charge on any atom is -0.464 e. The lowest BCUT2D eigenvalue weighted by Gasteiger charge is -2.36. The number of aromatic nitrogens is 3. The van der Waals surface area contributed by atoms with Gasteiger partial charge in [-0.05, 0) is 74.6 Å². The molecule has 0 spiro atoms. The maximum atomic E-state index is 17.0. The third kappa shape index (κ3) is 14.6. The Labute approximate surface area is 472 Å². The molecule has 2 N–H and O–H groups in total. The smallest absolute Gasteiger partial charge is 0.406 e. The van der Waals surface area contributed by atoms with Crippen molar-refractivity contribution in [3.05, 3.63) is 51.9 Å². The van der Waals surface area contributed by atoms with Crippen molar-refractivity contribution in [2.45, 2.75) is 122 Å². The monoisotopic (exact) mass is 1190 g/mol. The molecule has 8 rings (SSSR count). The maximum Gasteiger partial charge on any atom is 0.406 e. The van der Waals surface area contributed by atoms with E-state index in [1.165, 1.54) is 44.5 Å². The zero-order valence-electron chi connectivity index (χ0n) is 45.8. The largest absolute Gasteiger partial charge is 0.464 e. The average Bonchev–Trinajstić information content (AvgIpc) is 2.58. The molecule has 0 radical (unpaired) electrons. The summed E-state index contributed by atoms with van der Waals surface area (Å²) in [5.41, 5.74) is 0.755. The number of rotatable bonds is 15. The summed E-state index contributed by atoms with van der Waals surface area (Å²) in [4.78, 5) is 83.4. The highest BCUT2D eigenvalue weighted by molar-refractivity contribution is 7.10. The average molecular weight is 1190 g/mol. The van der Waals surface area contributed by atoms with Gasteiger partial charge in [-0.3, -0.25) is 38.9 Å². The molecule has 3 fully saturated rings. The number of amides is 4. The summed E-state index contributed by atoms with van der Waals surface area (Å²) in [6, 6.07) is 0.526. The fraction of sp³-hybridized carbons (Fsp3) is 0.611. The van der Waals surface area contributed by atoms with Gasteiger partial charge in [-0.25, -0.2) is 19.2 Å². The third-order valence-corrected chi connectivity index (χ3v) is 16.5. The van der Waals surface area contributed by atoms with Gasteiger partial charge in [-0.2, -0.15) is 26.3 Å². The number of halogens is 9. The topological polar surface area (TPSA) is 175 Å². The normalized spacial score (nSPS) is 21.7. The number of esters is 1. The molecule has 4 aliphatic rings. The highest BCUT2D eigenvalue weighted by Crippen LogP contribution is 2.45. The molecule has 0 unspecified atom stereocenters. The number of methoxy groups -OCH3 is 1. The van der Waals surface area contributed by atoms with Gasteiger partial charge >= 0.3 is 18.3 Å². The summed E-state index contributed by atoms with van der Waals surface area (Å²) >= 11 is 6.43. The SMILES string of the molecule is CO[C@@H](C)c1ncc(N2CCN(CC(F)(F)F)CC2)cc1-c1c2c3cc(c(F)cc3n1CC(F)(F)F)-c1csc(n1)C[C@H](NC(=O)[C@H](C(C)C)N(C=O)CC[C@H]1CCN(C(=O)[C@H](F)Cl)C1)C(=O)N1CCC[C@H](N1)C(=O)OCC(C)(C)C2. The molecule has 6 bridgehead atoms. The molecule has 81 heavy (non-hydrogen) atoms. The van der Waals surface area contributed by atoms with Crippen LogP contribution in [0, 0.1) is 23.1 Å². The number of nitrogens with zero attached hydrogens (tertiary/aromatic N) is 8. The van der Waals surface area contributed by atoms with Crippen LogP contribution in [0.4, 0.5) is 40.8 Å². The molecule has 3 saturated heterocycles. The number of likely N-dealkylation sites (tertiary alicyclic amines) is 1. The van der Waals surface area contributed by atoms with Crippen LogP contribution >= 0.6 is 22.9 Å². The van der Waals surface area contributed by atoms with Crippen LogP contribution in [0.3, 0.4) is 0 Å². The molecule has 444 valence electrons.